The summed E-state index contributed by atoms with van der Waals surface area (Å²) in [4.78, 5) is 25.6. The van der Waals surface area contributed by atoms with E-state index in [0.29, 0.717) is 12.0 Å². The van der Waals surface area contributed by atoms with Gasteiger partial charge >= 0.3 is 0 Å². The lowest BCUT2D eigenvalue weighted by Crippen LogP contribution is -2.47. The molecule has 3 fully saturated rings. The summed E-state index contributed by atoms with van der Waals surface area (Å²) in [6.45, 7) is 5.88. The number of H-pyrrole nitrogens is 1. The predicted octanol–water partition coefficient (Wildman–Crippen LogP) is 2.94. The lowest BCUT2D eigenvalue weighted by Gasteiger charge is -2.36. The fraction of sp³-hybridized carbons (Fsp3) is 0.545. The Bertz CT molecular complexity index is 858. The molecular weight excluding hydrogens is 336 g/mol. The lowest BCUT2D eigenvalue weighted by molar-refractivity contribution is 0.0584. The van der Waals surface area contributed by atoms with Gasteiger partial charge in [0, 0.05) is 43.5 Å². The number of hydrogen-bond acceptors (Lipinski definition) is 3. The van der Waals surface area contributed by atoms with E-state index in [1.807, 2.05) is 0 Å². The van der Waals surface area contributed by atoms with E-state index in [-0.39, 0.29) is 5.91 Å². The minimum Gasteiger partial charge on any atom is -0.348 e. The van der Waals surface area contributed by atoms with Crippen LogP contribution in [0.5, 0.6) is 0 Å². The second-order valence-corrected chi connectivity index (χ2v) is 8.56. The van der Waals surface area contributed by atoms with Crippen LogP contribution in [0.25, 0.3) is 0 Å². The zero-order valence-electron chi connectivity index (χ0n) is 16.1. The first-order valence-electron chi connectivity index (χ1n) is 10.3. The molecule has 2 atom stereocenters. The molecule has 3 saturated heterocycles. The number of rotatable bonds is 3. The number of nitrogens with zero attached hydrogens (tertiary/aromatic N) is 3. The van der Waals surface area contributed by atoms with E-state index < -0.39 is 0 Å². The van der Waals surface area contributed by atoms with Crippen LogP contribution in [0.3, 0.4) is 0 Å². The van der Waals surface area contributed by atoms with Crippen LogP contribution in [0.1, 0.15) is 52.1 Å². The van der Waals surface area contributed by atoms with Crippen molar-refractivity contribution in [2.24, 2.45) is 5.92 Å². The third-order valence-corrected chi connectivity index (χ3v) is 6.70. The highest BCUT2D eigenvalue weighted by molar-refractivity contribution is 5.95. The Hall–Kier alpha value is -2.14. The van der Waals surface area contributed by atoms with Crippen LogP contribution >= 0.6 is 0 Å². The van der Waals surface area contributed by atoms with Crippen molar-refractivity contribution >= 4 is 5.91 Å². The number of fused-ring (bicyclic) bond motifs is 5. The van der Waals surface area contributed by atoms with Gasteiger partial charge in [-0.25, -0.2) is 4.98 Å². The molecule has 3 aliphatic heterocycles. The van der Waals surface area contributed by atoms with Gasteiger partial charge in [-0.15, -0.1) is 0 Å². The number of carbonyl (C=O) groups excluding carboxylic acids is 1. The third kappa shape index (κ3) is 3.18. The highest BCUT2D eigenvalue weighted by Crippen LogP contribution is 2.31. The normalized spacial score (nSPS) is 24.9. The van der Waals surface area contributed by atoms with Crippen molar-refractivity contribution in [1.29, 1.82) is 0 Å². The third-order valence-electron chi connectivity index (χ3n) is 6.70. The Morgan fingerprint density at radius 2 is 2.07 bits per heavy atom. The molecule has 1 aliphatic carbocycles. The number of aromatic nitrogens is 2. The second-order valence-electron chi connectivity index (χ2n) is 8.56. The standard InChI is InChI=1S/C22H28N4O/c1-15-21(24-14-23-15)13-25-10-16-5-8-20(12-25)26(11-16)22(27)19-7-6-17-3-2-4-18(17)9-19/h6-7,9,14,16,20H,2-5,8,10-13H2,1H3,(H,23,24). The van der Waals surface area contributed by atoms with Crippen molar-refractivity contribution < 1.29 is 4.79 Å². The summed E-state index contributed by atoms with van der Waals surface area (Å²) in [5.41, 5.74) is 5.99. The molecule has 27 heavy (non-hydrogen) atoms. The lowest BCUT2D eigenvalue weighted by atomic mass is 9.94. The van der Waals surface area contributed by atoms with Crippen molar-refractivity contribution in [2.45, 2.75) is 51.6 Å². The van der Waals surface area contributed by atoms with Gasteiger partial charge in [-0.2, -0.15) is 0 Å². The number of carbonyl (C=O) groups is 1. The number of aryl methyl sites for hydroxylation is 3. The summed E-state index contributed by atoms with van der Waals surface area (Å²) in [6.07, 6.45) is 7.65. The smallest absolute Gasteiger partial charge is 0.254 e. The second kappa shape index (κ2) is 6.79. The van der Waals surface area contributed by atoms with Crippen LogP contribution in [0, 0.1) is 12.8 Å². The molecule has 0 saturated carbocycles. The quantitative estimate of drug-likeness (QED) is 0.911. The molecule has 0 spiro atoms. The van der Waals surface area contributed by atoms with Crippen LogP contribution in [0.4, 0.5) is 0 Å². The predicted molar refractivity (Wildman–Crippen MR) is 105 cm³/mol. The summed E-state index contributed by atoms with van der Waals surface area (Å²) in [5.74, 6) is 0.804. The first-order valence-corrected chi connectivity index (χ1v) is 10.3. The number of imidazole rings is 1. The van der Waals surface area contributed by atoms with E-state index in [1.165, 1.54) is 30.4 Å². The number of benzene rings is 1. The Kier molecular flexibility index (Phi) is 4.27. The average Bonchev–Trinajstić information content (AvgIpc) is 3.20. The molecule has 5 heteroatoms. The Balaban J connectivity index is 1.34. The molecule has 4 aliphatic rings. The molecule has 6 rings (SSSR count). The molecule has 5 nitrogen and oxygen atoms in total. The van der Waals surface area contributed by atoms with E-state index in [4.69, 9.17) is 0 Å². The summed E-state index contributed by atoms with van der Waals surface area (Å²) >= 11 is 0. The van der Waals surface area contributed by atoms with Gasteiger partial charge in [0.2, 0.25) is 0 Å². The largest absolute Gasteiger partial charge is 0.348 e. The first kappa shape index (κ1) is 17.0. The molecule has 2 unspecified atom stereocenters. The van der Waals surface area contributed by atoms with Crippen molar-refractivity contribution in [1.82, 2.24) is 19.8 Å². The molecule has 2 aromatic rings. The van der Waals surface area contributed by atoms with Crippen molar-refractivity contribution in [2.75, 3.05) is 19.6 Å². The molecule has 1 aromatic carbocycles. The summed E-state index contributed by atoms with van der Waals surface area (Å²) < 4.78 is 0. The van der Waals surface area contributed by atoms with Gasteiger partial charge in [0.1, 0.15) is 0 Å². The number of amides is 1. The number of nitrogens with one attached hydrogen (secondary N) is 1. The maximum absolute atomic E-state index is 13.3. The topological polar surface area (TPSA) is 52.2 Å². The van der Waals surface area contributed by atoms with Gasteiger partial charge in [0.15, 0.2) is 0 Å². The van der Waals surface area contributed by atoms with E-state index in [0.717, 1.165) is 56.0 Å². The minimum atomic E-state index is 0.234. The number of hydrogen-bond donors (Lipinski definition) is 1. The zero-order valence-corrected chi connectivity index (χ0v) is 16.1. The number of piperidine rings is 1. The van der Waals surface area contributed by atoms with Crippen LogP contribution in [0.2, 0.25) is 0 Å². The van der Waals surface area contributed by atoms with Crippen LogP contribution in [-0.2, 0) is 19.4 Å². The van der Waals surface area contributed by atoms with E-state index in [1.54, 1.807) is 6.33 Å². The molecule has 2 bridgehead atoms. The fourth-order valence-corrected chi connectivity index (χ4v) is 5.19. The zero-order chi connectivity index (χ0) is 18.4. The average molecular weight is 364 g/mol. The Morgan fingerprint density at radius 1 is 1.19 bits per heavy atom. The van der Waals surface area contributed by atoms with Crippen LogP contribution in [-0.4, -0.2) is 51.4 Å². The highest BCUT2D eigenvalue weighted by atomic mass is 16.2. The Labute approximate surface area is 160 Å². The maximum atomic E-state index is 13.3. The fourth-order valence-electron chi connectivity index (χ4n) is 5.19. The molecule has 1 amide bonds. The van der Waals surface area contributed by atoms with Crippen molar-refractivity contribution in [3.05, 3.63) is 52.6 Å². The van der Waals surface area contributed by atoms with E-state index in [2.05, 4.69) is 44.9 Å². The van der Waals surface area contributed by atoms with Crippen LogP contribution in [0.15, 0.2) is 24.5 Å². The molecule has 1 aromatic heterocycles. The first-order chi connectivity index (χ1) is 13.2. The van der Waals surface area contributed by atoms with Gasteiger partial charge in [-0.05, 0) is 68.2 Å². The van der Waals surface area contributed by atoms with Gasteiger partial charge in [-0.1, -0.05) is 6.07 Å². The van der Waals surface area contributed by atoms with Crippen molar-refractivity contribution in [3.8, 4) is 0 Å². The summed E-state index contributed by atoms with van der Waals surface area (Å²) in [7, 11) is 0. The molecule has 4 heterocycles. The van der Waals surface area contributed by atoms with Gasteiger partial charge in [-0.3, -0.25) is 9.69 Å². The van der Waals surface area contributed by atoms with Gasteiger partial charge < -0.3 is 9.88 Å². The number of aromatic amines is 1. The summed E-state index contributed by atoms with van der Waals surface area (Å²) in [5, 5.41) is 0. The van der Waals surface area contributed by atoms with E-state index >= 15 is 0 Å². The SMILES string of the molecule is Cc1[nH]cnc1CN1CC2CCC(C1)N(C(=O)c1ccc3c(c1)CCC3)C2. The van der Waals surface area contributed by atoms with Gasteiger partial charge in [0.25, 0.3) is 5.91 Å². The maximum Gasteiger partial charge on any atom is 0.254 e. The monoisotopic (exact) mass is 364 g/mol. The highest BCUT2D eigenvalue weighted by Gasteiger charge is 2.37. The molecule has 1 N–H and O–H groups in total. The van der Waals surface area contributed by atoms with Crippen LogP contribution < -0.4 is 0 Å². The summed E-state index contributed by atoms with van der Waals surface area (Å²) in [6, 6.07) is 6.71. The van der Waals surface area contributed by atoms with E-state index in [9.17, 15) is 4.79 Å². The Morgan fingerprint density at radius 3 is 2.93 bits per heavy atom. The molecule has 142 valence electrons. The molecule has 0 radical (unpaired) electrons. The van der Waals surface area contributed by atoms with Gasteiger partial charge in [0.05, 0.1) is 12.0 Å². The van der Waals surface area contributed by atoms with Crippen molar-refractivity contribution in [3.63, 3.8) is 0 Å². The molecular formula is C22H28N4O. The minimum absolute atomic E-state index is 0.234.